The van der Waals surface area contributed by atoms with E-state index in [2.05, 4.69) is 15.1 Å². The zero-order valence-electron chi connectivity index (χ0n) is 23.5. The number of ether oxygens (including phenoxy) is 1. The molecule has 0 radical (unpaired) electrons. The predicted molar refractivity (Wildman–Crippen MR) is 162 cm³/mol. The van der Waals surface area contributed by atoms with Crippen LogP contribution >= 0.6 is 11.6 Å². The number of pyridine rings is 2. The Morgan fingerprint density at radius 1 is 1.12 bits per heavy atom. The standard InChI is InChI=1S/C32H32ClF2N5O3/c33-29-24(35)5-2-18-10-22(41)11-26(28(18)29)40-9-6-23-25(38-15-20-3-4-21(16-38)36-20)12-27(37-30(23)31(40)42)43-17-32-7-1-8-39(32)14-19(34)13-32/h2,5-6,9-12,19-21,36,41H,1,3-4,7-8,13-17H2/t19-,20?,21?,32+/m1/s1. The van der Waals surface area contributed by atoms with Gasteiger partial charge in [-0.3, -0.25) is 14.3 Å². The van der Waals surface area contributed by atoms with E-state index < -0.39 is 17.5 Å². The Kier molecular flexibility index (Phi) is 6.33. The number of rotatable bonds is 5. The van der Waals surface area contributed by atoms with Crippen molar-refractivity contribution >= 4 is 39.0 Å². The number of phenolic OH excluding ortho intramolecular Hbond substituents is 1. The molecule has 8 nitrogen and oxygen atoms in total. The number of alkyl halides is 1. The Morgan fingerprint density at radius 3 is 2.74 bits per heavy atom. The first-order valence-electron chi connectivity index (χ1n) is 15.0. The van der Waals surface area contributed by atoms with Gasteiger partial charge in [0.1, 0.15) is 29.9 Å². The van der Waals surface area contributed by atoms with Gasteiger partial charge in [-0.1, -0.05) is 17.7 Å². The maximum atomic E-state index is 14.6. The largest absolute Gasteiger partial charge is 0.508 e. The van der Waals surface area contributed by atoms with Gasteiger partial charge in [-0.2, -0.15) is 0 Å². The van der Waals surface area contributed by atoms with E-state index in [4.69, 9.17) is 21.3 Å². The van der Waals surface area contributed by atoms with Gasteiger partial charge in [0.2, 0.25) is 5.88 Å². The number of nitrogens with zero attached hydrogens (tertiary/aromatic N) is 4. The molecule has 0 spiro atoms. The van der Waals surface area contributed by atoms with Gasteiger partial charge in [0.15, 0.2) is 0 Å². The summed E-state index contributed by atoms with van der Waals surface area (Å²) in [5.41, 5.74) is 0.507. The summed E-state index contributed by atoms with van der Waals surface area (Å²) in [4.78, 5) is 23.4. The maximum Gasteiger partial charge on any atom is 0.281 e. The van der Waals surface area contributed by atoms with E-state index >= 15 is 0 Å². The molecular formula is C32H32ClF2N5O3. The van der Waals surface area contributed by atoms with Crippen LogP contribution in [0.4, 0.5) is 14.5 Å². The molecule has 224 valence electrons. The van der Waals surface area contributed by atoms with Crippen molar-refractivity contribution < 1.29 is 18.6 Å². The van der Waals surface area contributed by atoms with Gasteiger partial charge in [-0.15, -0.1) is 0 Å². The van der Waals surface area contributed by atoms with Crippen LogP contribution < -0.4 is 20.5 Å². The van der Waals surface area contributed by atoms with Crippen LogP contribution in [-0.4, -0.2) is 76.1 Å². The number of hydrogen-bond acceptors (Lipinski definition) is 7. The number of anilines is 1. The smallest absolute Gasteiger partial charge is 0.281 e. The molecule has 8 rings (SSSR count). The van der Waals surface area contributed by atoms with Gasteiger partial charge < -0.3 is 20.1 Å². The first-order chi connectivity index (χ1) is 20.8. The topological polar surface area (TPSA) is 82.9 Å². The first-order valence-corrected chi connectivity index (χ1v) is 15.4. The lowest BCUT2D eigenvalue weighted by atomic mass is 9.95. The number of halogens is 3. The van der Waals surface area contributed by atoms with Gasteiger partial charge >= 0.3 is 0 Å². The zero-order valence-corrected chi connectivity index (χ0v) is 24.3. The van der Waals surface area contributed by atoms with Gasteiger partial charge in [0.05, 0.1) is 21.9 Å². The van der Waals surface area contributed by atoms with E-state index in [1.54, 1.807) is 6.20 Å². The molecule has 0 amide bonds. The second-order valence-electron chi connectivity index (χ2n) is 12.6. The van der Waals surface area contributed by atoms with Crippen molar-refractivity contribution in [2.45, 2.75) is 55.9 Å². The van der Waals surface area contributed by atoms with Crippen LogP contribution in [0.2, 0.25) is 5.02 Å². The van der Waals surface area contributed by atoms with Crippen LogP contribution in [-0.2, 0) is 0 Å². The molecule has 43 heavy (non-hydrogen) atoms. The highest BCUT2D eigenvalue weighted by Crippen LogP contribution is 2.41. The van der Waals surface area contributed by atoms with E-state index in [9.17, 15) is 18.7 Å². The highest BCUT2D eigenvalue weighted by molar-refractivity contribution is 6.36. The molecule has 2 aromatic carbocycles. The quantitative estimate of drug-likeness (QED) is 0.333. The molecule has 4 fully saturated rings. The summed E-state index contributed by atoms with van der Waals surface area (Å²) < 4.78 is 36.7. The summed E-state index contributed by atoms with van der Waals surface area (Å²) in [6.07, 6.45) is 5.25. The fourth-order valence-corrected chi connectivity index (χ4v) is 8.17. The number of benzene rings is 2. The van der Waals surface area contributed by atoms with Gasteiger partial charge in [0, 0.05) is 67.2 Å². The van der Waals surface area contributed by atoms with Gasteiger partial charge in [-0.05, 0) is 55.8 Å². The van der Waals surface area contributed by atoms with Crippen molar-refractivity contribution in [2.75, 3.05) is 37.7 Å². The van der Waals surface area contributed by atoms with Crippen molar-refractivity contribution in [3.63, 3.8) is 0 Å². The lowest BCUT2D eigenvalue weighted by molar-refractivity contribution is 0.111. The molecule has 4 atom stereocenters. The molecule has 2 aromatic heterocycles. The summed E-state index contributed by atoms with van der Waals surface area (Å²) in [5.74, 6) is -0.388. The minimum atomic E-state index is -0.874. The third-order valence-corrected chi connectivity index (χ3v) is 10.2. The molecule has 0 saturated carbocycles. The molecule has 11 heteroatoms. The average Bonchev–Trinajstić information content (AvgIpc) is 3.63. The monoisotopic (exact) mass is 607 g/mol. The Bertz CT molecular complexity index is 1820. The Hall–Kier alpha value is -3.47. The van der Waals surface area contributed by atoms with E-state index in [1.165, 1.54) is 28.8 Å². The second kappa shape index (κ2) is 10.0. The molecule has 4 aliphatic heterocycles. The number of aromatic nitrogens is 2. The van der Waals surface area contributed by atoms with Crippen molar-refractivity contribution in [1.82, 2.24) is 19.8 Å². The number of fused-ring (bicyclic) bond motifs is 5. The molecule has 4 aromatic rings. The van der Waals surface area contributed by atoms with Crippen LogP contribution in [0.15, 0.2) is 47.4 Å². The average molecular weight is 608 g/mol. The second-order valence-corrected chi connectivity index (χ2v) is 12.9. The molecular weight excluding hydrogens is 576 g/mol. The van der Waals surface area contributed by atoms with E-state index in [-0.39, 0.29) is 27.5 Å². The molecule has 2 bridgehead atoms. The number of aromatic hydroxyl groups is 1. The van der Waals surface area contributed by atoms with Crippen molar-refractivity contribution in [1.29, 1.82) is 0 Å². The molecule has 2 unspecified atom stereocenters. The van der Waals surface area contributed by atoms with Crippen LogP contribution in [0.5, 0.6) is 11.6 Å². The van der Waals surface area contributed by atoms with Crippen molar-refractivity contribution in [3.05, 3.63) is 63.8 Å². The van der Waals surface area contributed by atoms with Crippen LogP contribution in [0.25, 0.3) is 27.4 Å². The fourth-order valence-electron chi connectivity index (χ4n) is 7.90. The summed E-state index contributed by atoms with van der Waals surface area (Å²) in [7, 11) is 0. The summed E-state index contributed by atoms with van der Waals surface area (Å²) in [6, 6.07) is 10.1. The lowest BCUT2D eigenvalue weighted by Crippen LogP contribution is -2.51. The normalized spacial score (nSPS) is 27.0. The summed E-state index contributed by atoms with van der Waals surface area (Å²) >= 11 is 6.40. The Balaban J connectivity index is 1.27. The minimum absolute atomic E-state index is 0.0812. The fraction of sp³-hybridized carbons (Fsp3) is 0.438. The number of hydrogen-bond donors (Lipinski definition) is 2. The molecule has 6 heterocycles. The lowest BCUT2D eigenvalue weighted by Gasteiger charge is -2.35. The molecule has 0 aliphatic carbocycles. The SMILES string of the molecule is O=c1c2nc(OC[C@@]34CCCN3C[C@H](F)C4)cc(N3CC4CCC(C3)N4)c2ccn1-c1cc(O)cc2ccc(F)c(Cl)c12. The Morgan fingerprint density at radius 2 is 1.93 bits per heavy atom. The summed E-state index contributed by atoms with van der Waals surface area (Å²) in [6.45, 7) is 3.17. The third kappa shape index (κ3) is 4.45. The number of phenols is 1. The van der Waals surface area contributed by atoms with E-state index in [0.29, 0.717) is 53.7 Å². The molecule has 4 saturated heterocycles. The van der Waals surface area contributed by atoms with E-state index in [1.807, 2.05) is 12.1 Å². The minimum Gasteiger partial charge on any atom is -0.508 e. The van der Waals surface area contributed by atoms with Gasteiger partial charge in [-0.25, -0.2) is 13.8 Å². The van der Waals surface area contributed by atoms with Crippen LogP contribution in [0.1, 0.15) is 32.1 Å². The third-order valence-electron chi connectivity index (χ3n) is 9.86. The zero-order chi connectivity index (χ0) is 29.5. The molecule has 4 aliphatic rings. The molecule has 2 N–H and O–H groups in total. The van der Waals surface area contributed by atoms with Crippen molar-refractivity contribution in [2.24, 2.45) is 0 Å². The maximum absolute atomic E-state index is 14.6. The van der Waals surface area contributed by atoms with Crippen LogP contribution in [0.3, 0.4) is 0 Å². The predicted octanol–water partition coefficient (Wildman–Crippen LogP) is 4.93. The number of nitrogens with one attached hydrogen (secondary N) is 1. The summed E-state index contributed by atoms with van der Waals surface area (Å²) in [5, 5.41) is 15.5. The first kappa shape index (κ1) is 27.1. The highest BCUT2D eigenvalue weighted by Gasteiger charge is 2.49. The highest BCUT2D eigenvalue weighted by atomic mass is 35.5. The van der Waals surface area contributed by atoms with Gasteiger partial charge in [0.25, 0.3) is 5.56 Å². The number of piperazine rings is 1. The Labute approximate surface area is 251 Å². The van der Waals surface area contributed by atoms with Crippen LogP contribution in [0, 0.1) is 5.82 Å². The van der Waals surface area contributed by atoms with Crippen molar-refractivity contribution in [3.8, 4) is 17.3 Å². The van der Waals surface area contributed by atoms with E-state index in [0.717, 1.165) is 51.0 Å².